The summed E-state index contributed by atoms with van der Waals surface area (Å²) in [5.74, 6) is 0.640. The number of amides is 1. The van der Waals surface area contributed by atoms with Crippen LogP contribution in [0.3, 0.4) is 0 Å². The molecule has 1 aromatic heterocycles. The number of rotatable bonds is 8. The largest absolute Gasteiger partial charge is 0.471 e. The lowest BCUT2D eigenvalue weighted by atomic mass is 10.2. The molecule has 3 heterocycles. The summed E-state index contributed by atoms with van der Waals surface area (Å²) in [7, 11) is 2.14. The van der Waals surface area contributed by atoms with E-state index < -0.39 is 0 Å². The number of benzene rings is 1. The third-order valence-electron chi connectivity index (χ3n) is 6.31. The number of hydrogen-bond donors (Lipinski definition) is 1. The number of carbonyl (C=O) groups is 2. The number of aldehydes is 1. The van der Waals surface area contributed by atoms with Crippen LogP contribution in [-0.2, 0) is 11.2 Å². The monoisotopic (exact) mass is 464 g/mol. The van der Waals surface area contributed by atoms with E-state index in [0.29, 0.717) is 49.6 Å². The van der Waals surface area contributed by atoms with Gasteiger partial charge in [0.25, 0.3) is 0 Å². The molecular weight excluding hydrogens is 432 g/mol. The molecule has 180 valence electrons. The first-order valence-corrected chi connectivity index (χ1v) is 11.7. The van der Waals surface area contributed by atoms with Gasteiger partial charge in [-0.25, -0.2) is 4.98 Å². The van der Waals surface area contributed by atoms with Crippen molar-refractivity contribution in [3.63, 3.8) is 0 Å². The summed E-state index contributed by atoms with van der Waals surface area (Å²) in [6.07, 6.45) is 3.12. The van der Waals surface area contributed by atoms with Crippen molar-refractivity contribution in [1.82, 2.24) is 19.8 Å². The van der Waals surface area contributed by atoms with E-state index in [-0.39, 0.29) is 17.7 Å². The second kappa shape index (κ2) is 10.6. The average molecular weight is 465 g/mol. The summed E-state index contributed by atoms with van der Waals surface area (Å²) < 4.78 is 6.14. The SMILES string of the molecule is C=CC(=O)N1CC[C@@H](Oc2nc(Nc3ccc(N4CCN(C)CC4)cc3)c(C=O)nc2CC)C1. The lowest BCUT2D eigenvalue weighted by molar-refractivity contribution is -0.125. The molecule has 9 heteroatoms. The van der Waals surface area contributed by atoms with Crippen molar-refractivity contribution in [2.75, 3.05) is 56.5 Å². The number of carbonyl (C=O) groups excluding carboxylic acids is 2. The van der Waals surface area contributed by atoms with Crippen molar-refractivity contribution >= 4 is 29.4 Å². The first kappa shape index (κ1) is 23.7. The molecule has 1 N–H and O–H groups in total. The van der Waals surface area contributed by atoms with Gasteiger partial charge >= 0.3 is 0 Å². The van der Waals surface area contributed by atoms with Gasteiger partial charge in [0.15, 0.2) is 12.1 Å². The van der Waals surface area contributed by atoms with Crippen molar-refractivity contribution in [2.24, 2.45) is 0 Å². The number of likely N-dealkylation sites (tertiary alicyclic amines) is 1. The molecule has 1 atom stereocenters. The van der Waals surface area contributed by atoms with Gasteiger partial charge in [-0.1, -0.05) is 13.5 Å². The third kappa shape index (κ3) is 5.36. The summed E-state index contributed by atoms with van der Waals surface area (Å²) in [5, 5.41) is 3.22. The molecule has 0 spiro atoms. The summed E-state index contributed by atoms with van der Waals surface area (Å²) >= 11 is 0. The number of anilines is 3. The Hall–Kier alpha value is -3.46. The van der Waals surface area contributed by atoms with Crippen LogP contribution in [0.4, 0.5) is 17.2 Å². The Bertz CT molecular complexity index is 1030. The summed E-state index contributed by atoms with van der Waals surface area (Å²) in [5.41, 5.74) is 2.84. The van der Waals surface area contributed by atoms with Crippen LogP contribution in [0.1, 0.15) is 29.5 Å². The molecule has 2 aromatic rings. The van der Waals surface area contributed by atoms with Crippen LogP contribution in [-0.4, -0.2) is 84.4 Å². The number of piperazine rings is 1. The molecule has 0 aliphatic carbocycles. The van der Waals surface area contributed by atoms with Gasteiger partial charge in [-0.3, -0.25) is 9.59 Å². The first-order chi connectivity index (χ1) is 16.5. The first-order valence-electron chi connectivity index (χ1n) is 11.7. The smallest absolute Gasteiger partial charge is 0.246 e. The predicted molar refractivity (Wildman–Crippen MR) is 132 cm³/mol. The molecule has 0 saturated carbocycles. The molecule has 2 aliphatic heterocycles. The molecule has 0 bridgehead atoms. The number of ether oxygens (including phenoxy) is 1. The summed E-state index contributed by atoms with van der Waals surface area (Å²) in [4.78, 5) is 39.1. The van der Waals surface area contributed by atoms with Crippen LogP contribution < -0.4 is 15.0 Å². The van der Waals surface area contributed by atoms with Crippen molar-refractivity contribution in [3.05, 3.63) is 48.3 Å². The van der Waals surface area contributed by atoms with Gasteiger partial charge < -0.3 is 24.8 Å². The Morgan fingerprint density at radius 1 is 1.18 bits per heavy atom. The van der Waals surface area contributed by atoms with Gasteiger partial charge in [-0.05, 0) is 43.8 Å². The number of nitrogens with zero attached hydrogens (tertiary/aromatic N) is 5. The molecule has 9 nitrogen and oxygen atoms in total. The number of hydrogen-bond acceptors (Lipinski definition) is 8. The number of aromatic nitrogens is 2. The standard InChI is InChI=1S/C25H32N6O3/c1-4-21-25(34-20-10-11-31(16-20)23(33)5-2)28-24(22(17-32)27-21)26-18-6-8-19(9-7-18)30-14-12-29(3)13-15-30/h5-9,17,20H,2,4,10-16H2,1,3H3,(H,26,28)/t20-/m1/s1. The van der Waals surface area contributed by atoms with Gasteiger partial charge in [-0.2, -0.15) is 4.98 Å². The van der Waals surface area contributed by atoms with Gasteiger partial charge in [0.2, 0.25) is 11.8 Å². The van der Waals surface area contributed by atoms with Gasteiger partial charge in [0, 0.05) is 50.5 Å². The van der Waals surface area contributed by atoms with Crippen LogP contribution in [0, 0.1) is 0 Å². The Morgan fingerprint density at radius 3 is 2.56 bits per heavy atom. The highest BCUT2D eigenvalue weighted by atomic mass is 16.5. The summed E-state index contributed by atoms with van der Waals surface area (Å²) in [6.45, 7) is 10.7. The molecule has 2 aliphatic rings. The van der Waals surface area contributed by atoms with E-state index in [1.165, 1.54) is 11.8 Å². The Labute approximate surface area is 200 Å². The minimum Gasteiger partial charge on any atom is -0.471 e. The van der Waals surface area contributed by atoms with E-state index in [9.17, 15) is 9.59 Å². The fourth-order valence-corrected chi connectivity index (χ4v) is 4.24. The maximum absolute atomic E-state index is 11.9. The number of nitrogens with one attached hydrogen (secondary N) is 1. The molecule has 0 unspecified atom stereocenters. The molecule has 2 saturated heterocycles. The van der Waals surface area contributed by atoms with Crippen molar-refractivity contribution in [2.45, 2.75) is 25.9 Å². The lowest BCUT2D eigenvalue weighted by Gasteiger charge is -2.34. The summed E-state index contributed by atoms with van der Waals surface area (Å²) in [6, 6.07) is 8.11. The maximum atomic E-state index is 11.9. The second-order valence-electron chi connectivity index (χ2n) is 8.66. The normalized spacial score (nSPS) is 18.6. The number of likely N-dealkylation sites (N-methyl/N-ethyl adjacent to an activating group) is 1. The van der Waals surface area contributed by atoms with E-state index in [4.69, 9.17) is 4.74 Å². The fourth-order valence-electron chi connectivity index (χ4n) is 4.24. The van der Waals surface area contributed by atoms with Gasteiger partial charge in [-0.15, -0.1) is 0 Å². The lowest BCUT2D eigenvalue weighted by Crippen LogP contribution is -2.44. The van der Waals surface area contributed by atoms with E-state index in [0.717, 1.165) is 31.9 Å². The molecule has 0 radical (unpaired) electrons. The molecular formula is C25H32N6O3. The molecule has 2 fully saturated rings. The molecule has 1 aromatic carbocycles. The maximum Gasteiger partial charge on any atom is 0.246 e. The van der Waals surface area contributed by atoms with E-state index in [1.54, 1.807) is 4.90 Å². The van der Waals surface area contributed by atoms with Crippen LogP contribution in [0.15, 0.2) is 36.9 Å². The highest BCUT2D eigenvalue weighted by molar-refractivity contribution is 5.87. The zero-order valence-electron chi connectivity index (χ0n) is 19.9. The van der Waals surface area contributed by atoms with Crippen molar-refractivity contribution in [3.8, 4) is 5.88 Å². The zero-order valence-corrected chi connectivity index (χ0v) is 19.9. The highest BCUT2D eigenvalue weighted by Gasteiger charge is 2.28. The van der Waals surface area contributed by atoms with E-state index in [1.807, 2.05) is 19.1 Å². The van der Waals surface area contributed by atoms with Crippen molar-refractivity contribution in [1.29, 1.82) is 0 Å². The number of aryl methyl sites for hydroxylation is 1. The van der Waals surface area contributed by atoms with Crippen LogP contribution in [0.25, 0.3) is 0 Å². The van der Waals surface area contributed by atoms with Gasteiger partial charge in [0.05, 0.1) is 6.54 Å². The second-order valence-corrected chi connectivity index (χ2v) is 8.66. The van der Waals surface area contributed by atoms with Crippen molar-refractivity contribution < 1.29 is 14.3 Å². The topological polar surface area (TPSA) is 90.9 Å². The van der Waals surface area contributed by atoms with Gasteiger partial charge in [0.1, 0.15) is 17.5 Å². The Balaban J connectivity index is 1.49. The molecule has 4 rings (SSSR count). The highest BCUT2D eigenvalue weighted by Crippen LogP contribution is 2.27. The minimum atomic E-state index is -0.179. The fraction of sp³-hybridized carbons (Fsp3) is 0.440. The van der Waals surface area contributed by atoms with E-state index >= 15 is 0 Å². The molecule has 34 heavy (non-hydrogen) atoms. The molecule has 1 amide bonds. The Morgan fingerprint density at radius 2 is 1.91 bits per heavy atom. The Kier molecular flexibility index (Phi) is 7.42. The van der Waals surface area contributed by atoms with Crippen LogP contribution >= 0.6 is 0 Å². The third-order valence-corrected chi connectivity index (χ3v) is 6.31. The minimum absolute atomic E-state index is 0.105. The predicted octanol–water partition coefficient (Wildman–Crippen LogP) is 2.51. The van der Waals surface area contributed by atoms with Crippen LogP contribution in [0.2, 0.25) is 0 Å². The quantitative estimate of drug-likeness (QED) is 0.471. The van der Waals surface area contributed by atoms with E-state index in [2.05, 4.69) is 50.8 Å². The zero-order chi connectivity index (χ0) is 24.1. The average Bonchev–Trinajstić information content (AvgIpc) is 3.33. The van der Waals surface area contributed by atoms with Crippen LogP contribution in [0.5, 0.6) is 5.88 Å².